The van der Waals surface area contributed by atoms with Gasteiger partial charge in [-0.25, -0.2) is 4.79 Å². The molecular weight excluding hydrogens is 276 g/mol. The molecule has 1 amide bonds. The molecule has 0 heterocycles. The third-order valence-corrected chi connectivity index (χ3v) is 2.77. The van der Waals surface area contributed by atoms with Crippen molar-refractivity contribution in [3.8, 4) is 11.5 Å². The molecule has 1 unspecified atom stereocenters. The van der Waals surface area contributed by atoms with Crippen LogP contribution in [0.1, 0.15) is 16.8 Å². The summed E-state index contributed by atoms with van der Waals surface area (Å²) < 4.78 is 10.1. The predicted octanol–water partition coefficient (Wildman–Crippen LogP) is 1.24. The zero-order valence-corrected chi connectivity index (χ0v) is 11.9. The number of nitrogens with two attached hydrogens (primary N) is 1. The molecule has 0 saturated carbocycles. The summed E-state index contributed by atoms with van der Waals surface area (Å²) in [6.07, 6.45) is 1.79. The minimum Gasteiger partial charge on any atom is -0.493 e. The fraction of sp³-hybridized carbons (Fsp3) is 0.286. The Morgan fingerprint density at radius 2 is 1.95 bits per heavy atom. The number of nitrogens with one attached hydrogen (secondary N) is 1. The van der Waals surface area contributed by atoms with Gasteiger partial charge < -0.3 is 25.6 Å². The highest BCUT2D eigenvalue weighted by molar-refractivity contribution is 6.02. The standard InChI is InChI=1S/C14H18N2O5/c1-4-5-9(15)13(17)16-10-7-12(21-3)11(20-2)6-8(10)14(18)19/h4,6-7,9H,1,5,15H2,2-3H3,(H,16,17)(H,18,19). The molecular formula is C14H18N2O5. The van der Waals surface area contributed by atoms with Gasteiger partial charge in [-0.1, -0.05) is 6.08 Å². The maximum Gasteiger partial charge on any atom is 0.337 e. The molecule has 7 heteroatoms. The summed E-state index contributed by atoms with van der Waals surface area (Å²) in [7, 11) is 2.80. The van der Waals surface area contributed by atoms with Crippen LogP contribution in [-0.4, -0.2) is 37.2 Å². The second-order valence-electron chi connectivity index (χ2n) is 4.18. The molecule has 4 N–H and O–H groups in total. The predicted molar refractivity (Wildman–Crippen MR) is 77.9 cm³/mol. The lowest BCUT2D eigenvalue weighted by Gasteiger charge is -2.15. The van der Waals surface area contributed by atoms with Crippen LogP contribution in [0.4, 0.5) is 5.69 Å². The van der Waals surface area contributed by atoms with E-state index in [2.05, 4.69) is 11.9 Å². The lowest BCUT2D eigenvalue weighted by atomic mass is 10.1. The maximum absolute atomic E-state index is 11.9. The molecule has 0 bridgehead atoms. The zero-order chi connectivity index (χ0) is 16.0. The third-order valence-electron chi connectivity index (χ3n) is 2.77. The van der Waals surface area contributed by atoms with Crippen LogP contribution < -0.4 is 20.5 Å². The molecule has 0 aliphatic rings. The van der Waals surface area contributed by atoms with Gasteiger partial charge in [0.1, 0.15) is 0 Å². The van der Waals surface area contributed by atoms with Gasteiger partial charge in [0, 0.05) is 12.1 Å². The molecule has 0 fully saturated rings. The van der Waals surface area contributed by atoms with Crippen molar-refractivity contribution in [3.05, 3.63) is 30.4 Å². The van der Waals surface area contributed by atoms with Crippen molar-refractivity contribution in [3.63, 3.8) is 0 Å². The fourth-order valence-electron chi connectivity index (χ4n) is 1.67. The van der Waals surface area contributed by atoms with Gasteiger partial charge >= 0.3 is 5.97 Å². The van der Waals surface area contributed by atoms with Crippen LogP contribution in [0.3, 0.4) is 0 Å². The molecule has 0 radical (unpaired) electrons. The highest BCUT2D eigenvalue weighted by Crippen LogP contribution is 2.33. The number of carbonyl (C=O) groups excluding carboxylic acids is 1. The van der Waals surface area contributed by atoms with Crippen LogP contribution in [-0.2, 0) is 4.79 Å². The van der Waals surface area contributed by atoms with Crippen LogP contribution in [0.25, 0.3) is 0 Å². The largest absolute Gasteiger partial charge is 0.493 e. The van der Waals surface area contributed by atoms with E-state index >= 15 is 0 Å². The smallest absolute Gasteiger partial charge is 0.337 e. The molecule has 7 nitrogen and oxygen atoms in total. The number of carbonyl (C=O) groups is 2. The summed E-state index contributed by atoms with van der Waals surface area (Å²) in [5, 5.41) is 11.7. The van der Waals surface area contributed by atoms with E-state index in [-0.39, 0.29) is 23.4 Å². The first-order chi connectivity index (χ1) is 9.94. The Bertz CT molecular complexity index is 557. The van der Waals surface area contributed by atoms with Crippen molar-refractivity contribution in [1.29, 1.82) is 0 Å². The minimum atomic E-state index is -1.21. The maximum atomic E-state index is 11.9. The van der Waals surface area contributed by atoms with Gasteiger partial charge in [0.15, 0.2) is 11.5 Å². The second-order valence-corrected chi connectivity index (χ2v) is 4.18. The van der Waals surface area contributed by atoms with E-state index in [0.29, 0.717) is 5.75 Å². The molecule has 21 heavy (non-hydrogen) atoms. The molecule has 1 aromatic carbocycles. The first kappa shape index (κ1) is 16.5. The summed E-state index contributed by atoms with van der Waals surface area (Å²) in [6.45, 7) is 3.50. The van der Waals surface area contributed by atoms with E-state index < -0.39 is 17.9 Å². The number of hydrogen-bond acceptors (Lipinski definition) is 5. The summed E-state index contributed by atoms with van der Waals surface area (Å²) in [6, 6.07) is 1.84. The lowest BCUT2D eigenvalue weighted by molar-refractivity contribution is -0.117. The average Bonchev–Trinajstić information content (AvgIpc) is 2.46. The number of carboxylic acids is 1. The van der Waals surface area contributed by atoms with Crippen LogP contribution in [0.2, 0.25) is 0 Å². The molecule has 114 valence electrons. The van der Waals surface area contributed by atoms with Gasteiger partial charge in [0.2, 0.25) is 5.91 Å². The molecule has 0 aromatic heterocycles. The first-order valence-corrected chi connectivity index (χ1v) is 6.11. The number of carboxylic acid groups (broad SMARTS) is 1. The molecule has 1 rings (SSSR count). The Hall–Kier alpha value is -2.54. The topological polar surface area (TPSA) is 111 Å². The summed E-state index contributed by atoms with van der Waals surface area (Å²) >= 11 is 0. The van der Waals surface area contributed by atoms with Crippen molar-refractivity contribution in [2.45, 2.75) is 12.5 Å². The van der Waals surface area contributed by atoms with Crippen molar-refractivity contribution in [2.75, 3.05) is 19.5 Å². The van der Waals surface area contributed by atoms with E-state index in [1.165, 1.54) is 32.4 Å². The Labute approximate surface area is 122 Å². The van der Waals surface area contributed by atoms with E-state index in [9.17, 15) is 14.7 Å². The van der Waals surface area contributed by atoms with E-state index in [0.717, 1.165) is 0 Å². The van der Waals surface area contributed by atoms with Gasteiger partial charge in [-0.15, -0.1) is 6.58 Å². The highest BCUT2D eigenvalue weighted by atomic mass is 16.5. The summed E-state index contributed by atoms with van der Waals surface area (Å²) in [4.78, 5) is 23.2. The van der Waals surface area contributed by atoms with Gasteiger partial charge in [0.25, 0.3) is 0 Å². The number of hydrogen-bond donors (Lipinski definition) is 3. The van der Waals surface area contributed by atoms with Crippen LogP contribution in [0.15, 0.2) is 24.8 Å². The van der Waals surface area contributed by atoms with Crippen molar-refractivity contribution < 1.29 is 24.2 Å². The van der Waals surface area contributed by atoms with Crippen LogP contribution in [0.5, 0.6) is 11.5 Å². The van der Waals surface area contributed by atoms with Crippen LogP contribution in [0, 0.1) is 0 Å². The Morgan fingerprint density at radius 3 is 2.43 bits per heavy atom. The summed E-state index contributed by atoms with van der Waals surface area (Å²) in [5.74, 6) is -1.16. The molecule has 0 saturated heterocycles. The van der Waals surface area contributed by atoms with E-state index in [4.69, 9.17) is 15.2 Å². The van der Waals surface area contributed by atoms with Gasteiger partial charge in [-0.2, -0.15) is 0 Å². The molecule has 1 aromatic rings. The van der Waals surface area contributed by atoms with E-state index in [1.807, 2.05) is 0 Å². The van der Waals surface area contributed by atoms with Crippen molar-refractivity contribution >= 4 is 17.6 Å². The number of rotatable bonds is 7. The molecule has 1 atom stereocenters. The SMILES string of the molecule is C=CCC(N)C(=O)Nc1cc(OC)c(OC)cc1C(=O)O. The Kier molecular flexibility index (Phi) is 5.74. The number of anilines is 1. The Morgan fingerprint density at radius 1 is 1.38 bits per heavy atom. The quantitative estimate of drug-likeness (QED) is 0.652. The zero-order valence-electron chi connectivity index (χ0n) is 11.9. The number of methoxy groups -OCH3 is 2. The monoisotopic (exact) mass is 294 g/mol. The van der Waals surface area contributed by atoms with Crippen molar-refractivity contribution in [2.24, 2.45) is 5.73 Å². The van der Waals surface area contributed by atoms with Gasteiger partial charge in [0.05, 0.1) is 31.5 Å². The third kappa shape index (κ3) is 3.96. The number of amides is 1. The van der Waals surface area contributed by atoms with Crippen molar-refractivity contribution in [1.82, 2.24) is 0 Å². The molecule has 0 aliphatic heterocycles. The number of aromatic carboxylic acids is 1. The average molecular weight is 294 g/mol. The Balaban J connectivity index is 3.18. The number of benzene rings is 1. The van der Waals surface area contributed by atoms with E-state index in [1.54, 1.807) is 0 Å². The highest BCUT2D eigenvalue weighted by Gasteiger charge is 2.20. The van der Waals surface area contributed by atoms with Gasteiger partial charge in [-0.3, -0.25) is 4.79 Å². The lowest BCUT2D eigenvalue weighted by Crippen LogP contribution is -2.35. The summed E-state index contributed by atoms with van der Waals surface area (Å²) in [5.41, 5.74) is 5.61. The fourth-order valence-corrected chi connectivity index (χ4v) is 1.67. The molecule has 0 aliphatic carbocycles. The number of ether oxygens (including phenoxy) is 2. The van der Waals surface area contributed by atoms with Crippen LogP contribution >= 0.6 is 0 Å². The second kappa shape index (κ2) is 7.30. The molecule has 0 spiro atoms. The minimum absolute atomic E-state index is 0.0877. The van der Waals surface area contributed by atoms with Gasteiger partial charge in [-0.05, 0) is 6.42 Å². The first-order valence-electron chi connectivity index (χ1n) is 6.11. The normalized spacial score (nSPS) is 11.4.